The van der Waals surface area contributed by atoms with Gasteiger partial charge in [-0.25, -0.2) is 0 Å². The molecule has 0 aliphatic carbocycles. The molecule has 4 nitrogen and oxygen atoms in total. The van der Waals surface area contributed by atoms with Gasteiger partial charge in [0.25, 0.3) is 0 Å². The van der Waals surface area contributed by atoms with Crippen molar-refractivity contribution in [3.05, 3.63) is 35.6 Å². The van der Waals surface area contributed by atoms with Crippen molar-refractivity contribution in [2.75, 3.05) is 26.3 Å². The van der Waals surface area contributed by atoms with Crippen molar-refractivity contribution in [2.45, 2.75) is 32.4 Å². The third kappa shape index (κ3) is 2.59. The highest BCUT2D eigenvalue weighted by atomic mass is 16.5. The average molecular weight is 288 g/mol. The standard InChI is InChI=1S/C17H24N2O2/c1-3-13-11-20-9-8-19(13)15(10-18)17-12(2)21-16-7-5-4-6-14(16)17/h4-7,13,15H,3,8-11,18H2,1-2H3. The minimum absolute atomic E-state index is 0.197. The lowest BCUT2D eigenvalue weighted by Gasteiger charge is -2.40. The van der Waals surface area contributed by atoms with Crippen molar-refractivity contribution in [3.63, 3.8) is 0 Å². The van der Waals surface area contributed by atoms with Crippen LogP contribution in [-0.4, -0.2) is 37.2 Å². The molecule has 1 aliphatic rings. The zero-order valence-corrected chi connectivity index (χ0v) is 12.8. The molecule has 114 valence electrons. The van der Waals surface area contributed by atoms with Crippen LogP contribution in [-0.2, 0) is 4.74 Å². The second-order valence-electron chi connectivity index (χ2n) is 5.69. The molecule has 2 unspecified atom stereocenters. The van der Waals surface area contributed by atoms with E-state index in [1.54, 1.807) is 0 Å². The van der Waals surface area contributed by atoms with E-state index in [0.29, 0.717) is 12.6 Å². The molecule has 21 heavy (non-hydrogen) atoms. The number of fused-ring (bicyclic) bond motifs is 1. The average Bonchev–Trinajstić information content (AvgIpc) is 2.85. The van der Waals surface area contributed by atoms with Gasteiger partial charge < -0.3 is 14.9 Å². The van der Waals surface area contributed by atoms with E-state index in [4.69, 9.17) is 14.9 Å². The highest BCUT2D eigenvalue weighted by Crippen LogP contribution is 2.35. The van der Waals surface area contributed by atoms with Crippen LogP contribution >= 0.6 is 0 Å². The summed E-state index contributed by atoms with van der Waals surface area (Å²) in [7, 11) is 0. The van der Waals surface area contributed by atoms with Crippen LogP contribution in [0.1, 0.15) is 30.7 Å². The summed E-state index contributed by atoms with van der Waals surface area (Å²) >= 11 is 0. The molecule has 1 fully saturated rings. The maximum absolute atomic E-state index is 6.15. The normalized spacial score (nSPS) is 21.8. The Hall–Kier alpha value is -1.36. The maximum Gasteiger partial charge on any atom is 0.134 e. The first-order chi connectivity index (χ1) is 10.3. The van der Waals surface area contributed by atoms with Gasteiger partial charge in [-0.2, -0.15) is 0 Å². The van der Waals surface area contributed by atoms with Gasteiger partial charge >= 0.3 is 0 Å². The number of para-hydroxylation sites is 1. The fourth-order valence-electron chi connectivity index (χ4n) is 3.45. The largest absolute Gasteiger partial charge is 0.461 e. The van der Waals surface area contributed by atoms with E-state index in [9.17, 15) is 0 Å². The molecule has 1 aromatic carbocycles. The lowest BCUT2D eigenvalue weighted by atomic mass is 9.98. The summed E-state index contributed by atoms with van der Waals surface area (Å²) in [4.78, 5) is 2.49. The molecular formula is C17H24N2O2. The van der Waals surface area contributed by atoms with E-state index in [1.165, 1.54) is 10.9 Å². The van der Waals surface area contributed by atoms with Crippen LogP contribution in [0.2, 0.25) is 0 Å². The van der Waals surface area contributed by atoms with Crippen LogP contribution in [0, 0.1) is 6.92 Å². The van der Waals surface area contributed by atoms with Crippen molar-refractivity contribution in [1.29, 1.82) is 0 Å². The third-order valence-corrected chi connectivity index (χ3v) is 4.52. The fourth-order valence-corrected chi connectivity index (χ4v) is 3.45. The summed E-state index contributed by atoms with van der Waals surface area (Å²) in [5.74, 6) is 0.980. The molecule has 3 rings (SSSR count). The van der Waals surface area contributed by atoms with Crippen molar-refractivity contribution < 1.29 is 9.15 Å². The number of rotatable bonds is 4. The van der Waals surface area contributed by atoms with Crippen LogP contribution in [0.3, 0.4) is 0 Å². The molecule has 0 bridgehead atoms. The Morgan fingerprint density at radius 1 is 1.38 bits per heavy atom. The van der Waals surface area contributed by atoms with Crippen LogP contribution in [0.4, 0.5) is 0 Å². The van der Waals surface area contributed by atoms with Crippen LogP contribution < -0.4 is 5.73 Å². The summed E-state index contributed by atoms with van der Waals surface area (Å²) in [6.45, 7) is 7.35. The Morgan fingerprint density at radius 3 is 2.95 bits per heavy atom. The smallest absolute Gasteiger partial charge is 0.134 e. The molecule has 1 aliphatic heterocycles. The van der Waals surface area contributed by atoms with Gasteiger partial charge in [-0.05, 0) is 19.4 Å². The molecule has 4 heteroatoms. The molecule has 0 radical (unpaired) electrons. The number of ether oxygens (including phenoxy) is 1. The Balaban J connectivity index is 2.03. The minimum Gasteiger partial charge on any atom is -0.461 e. The maximum atomic E-state index is 6.15. The number of morpholine rings is 1. The zero-order chi connectivity index (χ0) is 14.8. The van der Waals surface area contributed by atoms with Gasteiger partial charge in [0, 0.05) is 30.1 Å². The predicted octanol–water partition coefficient (Wildman–Crippen LogP) is 2.85. The van der Waals surface area contributed by atoms with Gasteiger partial charge in [0.05, 0.1) is 19.3 Å². The summed E-state index contributed by atoms with van der Waals surface area (Å²) in [5.41, 5.74) is 8.34. The molecule has 2 atom stereocenters. The highest BCUT2D eigenvalue weighted by Gasteiger charge is 2.31. The van der Waals surface area contributed by atoms with Crippen LogP contribution in [0.25, 0.3) is 11.0 Å². The molecule has 0 amide bonds. The quantitative estimate of drug-likeness (QED) is 0.940. The lowest BCUT2D eigenvalue weighted by molar-refractivity contribution is -0.0291. The number of nitrogens with zero attached hydrogens (tertiary/aromatic N) is 1. The number of benzene rings is 1. The van der Waals surface area contributed by atoms with Gasteiger partial charge in [0.1, 0.15) is 11.3 Å². The van der Waals surface area contributed by atoms with Crippen molar-refractivity contribution in [3.8, 4) is 0 Å². The first-order valence-electron chi connectivity index (χ1n) is 7.77. The predicted molar refractivity (Wildman–Crippen MR) is 84.4 cm³/mol. The number of aryl methyl sites for hydroxylation is 1. The summed E-state index contributed by atoms with van der Waals surface area (Å²) in [5, 5.41) is 1.19. The Morgan fingerprint density at radius 2 is 2.19 bits per heavy atom. The van der Waals surface area contributed by atoms with Gasteiger partial charge in [-0.15, -0.1) is 0 Å². The number of hydrogen-bond acceptors (Lipinski definition) is 4. The van der Waals surface area contributed by atoms with Crippen LogP contribution in [0.5, 0.6) is 0 Å². The summed E-state index contributed by atoms with van der Waals surface area (Å²) < 4.78 is 11.6. The van der Waals surface area contributed by atoms with Crippen molar-refractivity contribution >= 4 is 11.0 Å². The highest BCUT2D eigenvalue weighted by molar-refractivity contribution is 5.82. The molecular weight excluding hydrogens is 264 g/mol. The molecule has 2 N–H and O–H groups in total. The SMILES string of the molecule is CCC1COCCN1C(CN)c1c(C)oc2ccccc12. The monoisotopic (exact) mass is 288 g/mol. The van der Waals surface area contributed by atoms with E-state index in [1.807, 2.05) is 19.1 Å². The molecule has 0 spiro atoms. The Bertz CT molecular complexity index is 608. The van der Waals surface area contributed by atoms with Gasteiger partial charge in [0.2, 0.25) is 0 Å². The van der Waals surface area contributed by atoms with Crippen LogP contribution in [0.15, 0.2) is 28.7 Å². The topological polar surface area (TPSA) is 51.6 Å². The second-order valence-corrected chi connectivity index (χ2v) is 5.69. The minimum atomic E-state index is 0.197. The van der Waals surface area contributed by atoms with E-state index in [0.717, 1.165) is 37.5 Å². The Labute approximate surface area is 125 Å². The first-order valence-corrected chi connectivity index (χ1v) is 7.77. The number of nitrogens with two attached hydrogens (primary N) is 1. The molecule has 1 saturated heterocycles. The van der Waals surface area contributed by atoms with E-state index in [-0.39, 0.29) is 6.04 Å². The first kappa shape index (κ1) is 14.6. The molecule has 0 saturated carbocycles. The van der Waals surface area contributed by atoms with E-state index in [2.05, 4.69) is 24.0 Å². The van der Waals surface area contributed by atoms with Gasteiger partial charge in [-0.1, -0.05) is 25.1 Å². The zero-order valence-electron chi connectivity index (χ0n) is 12.8. The molecule has 2 aromatic rings. The van der Waals surface area contributed by atoms with E-state index >= 15 is 0 Å². The molecule has 2 heterocycles. The van der Waals surface area contributed by atoms with Gasteiger partial charge in [-0.3, -0.25) is 4.90 Å². The summed E-state index contributed by atoms with van der Waals surface area (Å²) in [6, 6.07) is 8.85. The Kier molecular flexibility index (Phi) is 4.29. The third-order valence-electron chi connectivity index (χ3n) is 4.52. The molecule has 1 aromatic heterocycles. The van der Waals surface area contributed by atoms with E-state index < -0.39 is 0 Å². The number of hydrogen-bond donors (Lipinski definition) is 1. The van der Waals surface area contributed by atoms with Gasteiger partial charge in [0.15, 0.2) is 0 Å². The van der Waals surface area contributed by atoms with Crippen molar-refractivity contribution in [2.24, 2.45) is 5.73 Å². The summed E-state index contributed by atoms with van der Waals surface area (Å²) in [6.07, 6.45) is 1.07. The van der Waals surface area contributed by atoms with Crippen molar-refractivity contribution in [1.82, 2.24) is 4.90 Å². The lowest BCUT2D eigenvalue weighted by Crippen LogP contribution is -2.48. The number of furan rings is 1. The second kappa shape index (κ2) is 6.18. The fraction of sp³-hybridized carbons (Fsp3) is 0.529.